The summed E-state index contributed by atoms with van der Waals surface area (Å²) in [6.45, 7) is 2.37. The van der Waals surface area contributed by atoms with Gasteiger partial charge in [-0.15, -0.1) is 0 Å². The van der Waals surface area contributed by atoms with Crippen LogP contribution in [0.2, 0.25) is 0 Å². The molecule has 6 aliphatic carbocycles. The summed E-state index contributed by atoms with van der Waals surface area (Å²) < 4.78 is 6.43. The molecule has 4 fully saturated rings. The van der Waals surface area contributed by atoms with Crippen molar-refractivity contribution in [2.24, 2.45) is 23.2 Å². The molecule has 7 aromatic carbocycles. The average molecular weight is 798 g/mol. The quantitative estimate of drug-likeness (QED) is 0.178. The Morgan fingerprint density at radius 3 is 1.81 bits per heavy atom. The summed E-state index contributed by atoms with van der Waals surface area (Å²) in [4.78, 5) is 16.5. The Kier molecular flexibility index (Phi) is 6.37. The maximum atomic E-state index is 6.43. The van der Waals surface area contributed by atoms with Crippen LogP contribution in [0, 0.1) is 23.2 Å². The van der Waals surface area contributed by atoms with E-state index < -0.39 is 5.41 Å². The molecular formula is C58H43N3O. The van der Waals surface area contributed by atoms with E-state index in [1.807, 2.05) is 12.1 Å². The first-order valence-corrected chi connectivity index (χ1v) is 22.8. The van der Waals surface area contributed by atoms with Crippen LogP contribution >= 0.6 is 0 Å². The van der Waals surface area contributed by atoms with Gasteiger partial charge in [0.25, 0.3) is 0 Å². The maximum Gasteiger partial charge on any atom is 0.164 e. The van der Waals surface area contributed by atoms with Crippen molar-refractivity contribution in [3.8, 4) is 45.3 Å². The van der Waals surface area contributed by atoms with Crippen molar-refractivity contribution in [3.05, 3.63) is 197 Å². The van der Waals surface area contributed by atoms with Crippen molar-refractivity contribution in [3.63, 3.8) is 0 Å². The minimum atomic E-state index is -0.435. The number of hydrogen-bond donors (Lipinski definition) is 0. The maximum absolute atomic E-state index is 6.43. The van der Waals surface area contributed by atoms with Crippen molar-refractivity contribution in [1.82, 2.24) is 15.0 Å². The van der Waals surface area contributed by atoms with Crippen LogP contribution < -0.4 is 0 Å². The van der Waals surface area contributed by atoms with E-state index >= 15 is 0 Å². The number of furan rings is 1. The number of aromatic nitrogens is 3. The predicted molar refractivity (Wildman–Crippen MR) is 246 cm³/mol. The van der Waals surface area contributed by atoms with Crippen LogP contribution in [0.5, 0.6) is 0 Å². The van der Waals surface area contributed by atoms with Gasteiger partial charge in [0.05, 0.1) is 5.41 Å². The van der Waals surface area contributed by atoms with E-state index in [9.17, 15) is 0 Å². The zero-order valence-corrected chi connectivity index (χ0v) is 34.6. The fraction of sp³-hybridized carbons (Fsp3) is 0.224. The van der Waals surface area contributed by atoms with Crippen molar-refractivity contribution in [1.29, 1.82) is 0 Å². The summed E-state index contributed by atoms with van der Waals surface area (Å²) in [6.07, 6.45) is 6.81. The molecule has 4 nitrogen and oxygen atoms in total. The number of hydrogen-bond acceptors (Lipinski definition) is 4. The van der Waals surface area contributed by atoms with E-state index in [1.165, 1.54) is 82.2 Å². The summed E-state index contributed by atoms with van der Waals surface area (Å²) in [6, 6.07) is 58.1. The molecule has 62 heavy (non-hydrogen) atoms. The minimum absolute atomic E-state index is 0.164. The van der Waals surface area contributed by atoms with Gasteiger partial charge in [-0.3, -0.25) is 0 Å². The number of fused-ring (bicyclic) bond motifs is 13. The first kappa shape index (κ1) is 34.0. The molecule has 0 saturated heterocycles. The Hall–Kier alpha value is -6.65. The highest BCUT2D eigenvalue weighted by molar-refractivity contribution is 6.11. The van der Waals surface area contributed by atoms with Crippen LogP contribution in [-0.2, 0) is 10.8 Å². The SMILES string of the molecule is CC1c2ccccc2C2(c3ccccc3-c3ccccc32)c2ccc(-c3nc(-c4ccccc4C45C[C@H]6CC7C[C@@H](C4)C76C5)nc(-c4cccc5oc6ccccc6c45)n3)cc21. The van der Waals surface area contributed by atoms with Gasteiger partial charge < -0.3 is 4.42 Å². The molecule has 0 radical (unpaired) electrons. The zero-order valence-electron chi connectivity index (χ0n) is 34.6. The highest BCUT2D eigenvalue weighted by Crippen LogP contribution is 2.84. The molecule has 296 valence electrons. The highest BCUT2D eigenvalue weighted by Gasteiger charge is 2.77. The summed E-state index contributed by atoms with van der Waals surface area (Å²) in [5, 5.41) is 2.11. The van der Waals surface area contributed by atoms with E-state index in [0.717, 1.165) is 62.2 Å². The number of nitrogens with zero attached hydrogens (tertiary/aromatic N) is 3. The van der Waals surface area contributed by atoms with Crippen LogP contribution in [0.4, 0.5) is 0 Å². The molecule has 9 aromatic rings. The highest BCUT2D eigenvalue weighted by atomic mass is 16.3. The third kappa shape index (κ3) is 3.99. The van der Waals surface area contributed by atoms with Crippen LogP contribution in [0.15, 0.2) is 162 Å². The lowest BCUT2D eigenvalue weighted by molar-refractivity contribution is -0.175. The molecule has 4 heteroatoms. The normalized spacial score (nSPS) is 26.1. The number of para-hydroxylation sites is 1. The van der Waals surface area contributed by atoms with Crippen molar-refractivity contribution in [2.45, 2.75) is 55.8 Å². The van der Waals surface area contributed by atoms with E-state index in [2.05, 4.69) is 153 Å². The third-order valence-electron chi connectivity index (χ3n) is 17.3. The molecule has 4 saturated carbocycles. The first-order valence-electron chi connectivity index (χ1n) is 22.8. The molecule has 2 aromatic heterocycles. The largest absolute Gasteiger partial charge is 0.456 e. The van der Waals surface area contributed by atoms with Crippen LogP contribution in [-0.4, -0.2) is 15.0 Å². The topological polar surface area (TPSA) is 51.8 Å². The Morgan fingerprint density at radius 1 is 0.484 bits per heavy atom. The van der Waals surface area contributed by atoms with Gasteiger partial charge in [0.2, 0.25) is 0 Å². The standard InChI is InChI=1S/C58H43N3O/c1-33-38-13-2-8-20-46(38)58(47-21-9-3-14-39(47)40-15-4-10-22-48(40)58)49-26-25-34(27-44(33)49)53-59-54(61-55(60-53)43-18-12-24-51-52(43)42-17-6-11-23-50(42)62-51)41-16-5-7-19-45(41)56-30-36-28-35-29-37(31-56)57(35,36)32-56/h2-27,33,35-37H,28-32H2,1H3/t33?,35?,36-,37+,56?,57?. The Morgan fingerprint density at radius 2 is 1.06 bits per heavy atom. The molecule has 0 N–H and O–H groups in total. The van der Waals surface area contributed by atoms with Crippen molar-refractivity contribution in [2.75, 3.05) is 0 Å². The van der Waals surface area contributed by atoms with Crippen molar-refractivity contribution < 1.29 is 4.42 Å². The Balaban J connectivity index is 0.970. The molecule has 4 unspecified atom stereocenters. The second kappa shape index (κ2) is 11.6. The van der Waals surface area contributed by atoms with E-state index in [-0.39, 0.29) is 11.3 Å². The summed E-state index contributed by atoms with van der Waals surface area (Å²) in [7, 11) is 0. The van der Waals surface area contributed by atoms with Gasteiger partial charge >= 0.3 is 0 Å². The van der Waals surface area contributed by atoms with Gasteiger partial charge in [0.15, 0.2) is 17.5 Å². The second-order valence-corrected chi connectivity index (χ2v) is 19.6. The van der Waals surface area contributed by atoms with Gasteiger partial charge in [-0.2, -0.15) is 0 Å². The van der Waals surface area contributed by atoms with Gasteiger partial charge in [0, 0.05) is 33.4 Å². The minimum Gasteiger partial charge on any atom is -0.456 e. The molecule has 6 aliphatic rings. The second-order valence-electron chi connectivity index (χ2n) is 19.6. The lowest BCUT2D eigenvalue weighted by Crippen LogP contribution is -2.59. The summed E-state index contributed by atoms with van der Waals surface area (Å²) >= 11 is 0. The molecule has 0 amide bonds. The van der Waals surface area contributed by atoms with Gasteiger partial charge in [-0.25, -0.2) is 15.0 Å². The van der Waals surface area contributed by atoms with Gasteiger partial charge in [0.1, 0.15) is 11.2 Å². The van der Waals surface area contributed by atoms with Crippen LogP contribution in [0.3, 0.4) is 0 Å². The van der Waals surface area contributed by atoms with E-state index in [0.29, 0.717) is 17.1 Å². The fourth-order valence-corrected chi connectivity index (χ4v) is 15.0. The molecular weight excluding hydrogens is 755 g/mol. The molecule has 2 spiro atoms. The Labute approximate surface area is 360 Å². The molecule has 0 aliphatic heterocycles. The molecule has 2 bridgehead atoms. The summed E-state index contributed by atoms with van der Waals surface area (Å²) in [5.74, 6) is 5.03. The van der Waals surface area contributed by atoms with E-state index in [4.69, 9.17) is 19.4 Å². The summed E-state index contributed by atoms with van der Waals surface area (Å²) in [5.41, 5.74) is 17.4. The lowest BCUT2D eigenvalue weighted by atomic mass is 9.38. The van der Waals surface area contributed by atoms with Gasteiger partial charge in [-0.1, -0.05) is 146 Å². The Bertz CT molecular complexity index is 3370. The van der Waals surface area contributed by atoms with Crippen LogP contribution in [0.1, 0.15) is 83.9 Å². The number of rotatable bonds is 4. The number of benzene rings is 7. The molecule has 6 atom stereocenters. The van der Waals surface area contributed by atoms with Crippen LogP contribution in [0.25, 0.3) is 67.2 Å². The monoisotopic (exact) mass is 797 g/mol. The van der Waals surface area contributed by atoms with E-state index in [1.54, 1.807) is 0 Å². The zero-order chi connectivity index (χ0) is 40.5. The molecule has 15 rings (SSSR count). The average Bonchev–Trinajstić information content (AvgIpc) is 4.04. The smallest absolute Gasteiger partial charge is 0.164 e. The lowest BCUT2D eigenvalue weighted by Gasteiger charge is -2.66. The van der Waals surface area contributed by atoms with Crippen molar-refractivity contribution >= 4 is 21.9 Å². The molecule has 2 heterocycles. The third-order valence-corrected chi connectivity index (χ3v) is 17.3. The predicted octanol–water partition coefficient (Wildman–Crippen LogP) is 13.7. The van der Waals surface area contributed by atoms with Gasteiger partial charge in [-0.05, 0) is 129 Å². The first-order chi connectivity index (χ1) is 30.5. The fourth-order valence-electron chi connectivity index (χ4n) is 15.0.